The van der Waals surface area contributed by atoms with Crippen molar-refractivity contribution in [3.8, 4) is 0 Å². The summed E-state index contributed by atoms with van der Waals surface area (Å²) in [5, 5.41) is 6.02. The molecule has 0 aliphatic heterocycles. The summed E-state index contributed by atoms with van der Waals surface area (Å²) in [5.41, 5.74) is 0. The van der Waals surface area contributed by atoms with Gasteiger partial charge in [0.05, 0.1) is 0 Å². The van der Waals surface area contributed by atoms with E-state index in [0.29, 0.717) is 19.4 Å². The number of rotatable bonds is 29. The minimum atomic E-state index is -0.00389. The Labute approximate surface area is 232 Å². The lowest BCUT2D eigenvalue weighted by Crippen LogP contribution is -2.41. The highest BCUT2D eigenvalue weighted by molar-refractivity contribution is 5.77. The maximum atomic E-state index is 12.1. The summed E-state index contributed by atoms with van der Waals surface area (Å²) in [6, 6.07) is -0.00389. The maximum absolute atomic E-state index is 12.1. The third-order valence-electron chi connectivity index (χ3n) is 7.53. The van der Waals surface area contributed by atoms with Crippen molar-refractivity contribution in [3.05, 3.63) is 0 Å². The zero-order chi connectivity index (χ0) is 27.2. The van der Waals surface area contributed by atoms with Crippen LogP contribution in [0, 0.1) is 0 Å². The molecule has 1 atom stereocenters. The highest BCUT2D eigenvalue weighted by atomic mass is 16.2. The quantitative estimate of drug-likeness (QED) is 0.0960. The lowest BCUT2D eigenvalue weighted by atomic mass is 10.0. The molecular formula is C33H66N2O2. The average Bonchev–Trinajstić information content (AvgIpc) is 2.88. The first kappa shape index (κ1) is 35.9. The molecule has 2 N–H and O–H groups in total. The topological polar surface area (TPSA) is 58.2 Å². The summed E-state index contributed by atoms with van der Waals surface area (Å²) in [5.74, 6) is 0.240. The van der Waals surface area contributed by atoms with Crippen LogP contribution in [0.5, 0.6) is 0 Å². The van der Waals surface area contributed by atoms with Gasteiger partial charge in [-0.3, -0.25) is 9.59 Å². The molecule has 220 valence electrons. The predicted molar refractivity (Wildman–Crippen MR) is 162 cm³/mol. The first-order chi connectivity index (χ1) is 18.1. The van der Waals surface area contributed by atoms with Gasteiger partial charge in [0.1, 0.15) is 0 Å². The monoisotopic (exact) mass is 523 g/mol. The van der Waals surface area contributed by atoms with Gasteiger partial charge in [0.15, 0.2) is 0 Å². The van der Waals surface area contributed by atoms with Gasteiger partial charge >= 0.3 is 0 Å². The van der Waals surface area contributed by atoms with Crippen LogP contribution >= 0.6 is 0 Å². The highest BCUT2D eigenvalue weighted by Crippen LogP contribution is 2.13. The van der Waals surface area contributed by atoms with E-state index < -0.39 is 0 Å². The summed E-state index contributed by atoms with van der Waals surface area (Å²) in [6.07, 6.45) is 32.6. The number of carbonyl (C=O) groups excluding carboxylic acids is 2. The van der Waals surface area contributed by atoms with Gasteiger partial charge < -0.3 is 10.6 Å². The fourth-order valence-corrected chi connectivity index (χ4v) is 5.01. The van der Waals surface area contributed by atoms with E-state index in [9.17, 15) is 9.59 Å². The third kappa shape index (κ3) is 29.4. The average molecular weight is 523 g/mol. The molecule has 0 saturated heterocycles. The van der Waals surface area contributed by atoms with Crippen LogP contribution in [-0.4, -0.2) is 24.4 Å². The molecular weight excluding hydrogens is 456 g/mol. The van der Waals surface area contributed by atoms with Crippen molar-refractivity contribution in [1.29, 1.82) is 0 Å². The van der Waals surface area contributed by atoms with E-state index in [1.807, 2.05) is 6.92 Å². The summed E-state index contributed by atoms with van der Waals surface area (Å²) in [6.45, 7) is 7.04. The van der Waals surface area contributed by atoms with E-state index in [1.54, 1.807) is 0 Å². The van der Waals surface area contributed by atoms with Crippen LogP contribution in [0.25, 0.3) is 0 Å². The lowest BCUT2D eigenvalue weighted by molar-refractivity contribution is -0.123. The zero-order valence-electron chi connectivity index (χ0n) is 25.5. The molecule has 2 amide bonds. The number of nitrogens with one attached hydrogen (secondary N) is 2. The molecule has 0 fully saturated rings. The van der Waals surface area contributed by atoms with Gasteiger partial charge in [0.2, 0.25) is 11.8 Å². The second kappa shape index (κ2) is 29.5. The maximum Gasteiger partial charge on any atom is 0.220 e. The second-order valence-corrected chi connectivity index (χ2v) is 11.6. The van der Waals surface area contributed by atoms with Crippen molar-refractivity contribution < 1.29 is 9.59 Å². The minimum Gasteiger partial charge on any atom is -0.354 e. The lowest BCUT2D eigenvalue weighted by Gasteiger charge is -2.15. The van der Waals surface area contributed by atoms with Crippen molar-refractivity contribution in [2.75, 3.05) is 6.54 Å². The molecule has 0 heterocycles. The predicted octanol–water partition coefficient (Wildman–Crippen LogP) is 9.79. The second-order valence-electron chi connectivity index (χ2n) is 11.6. The number of carbonyl (C=O) groups is 2. The van der Waals surface area contributed by atoms with Crippen molar-refractivity contribution in [3.63, 3.8) is 0 Å². The molecule has 0 aromatic rings. The van der Waals surface area contributed by atoms with Crippen LogP contribution in [0.1, 0.15) is 188 Å². The van der Waals surface area contributed by atoms with E-state index in [-0.39, 0.29) is 17.9 Å². The van der Waals surface area contributed by atoms with Crippen molar-refractivity contribution in [2.45, 2.75) is 194 Å². The Balaban J connectivity index is 3.41. The fraction of sp³-hybridized carbons (Fsp3) is 0.939. The molecule has 0 bridgehead atoms. The van der Waals surface area contributed by atoms with Gasteiger partial charge in [-0.2, -0.15) is 0 Å². The van der Waals surface area contributed by atoms with Gasteiger partial charge in [-0.25, -0.2) is 0 Å². The molecule has 0 rings (SSSR count). The molecule has 0 aromatic carbocycles. The number of hydrogen-bond donors (Lipinski definition) is 2. The molecule has 0 spiro atoms. The van der Waals surface area contributed by atoms with Crippen LogP contribution in [0.2, 0.25) is 0 Å². The number of unbranched alkanes of at least 4 members (excludes halogenated alkanes) is 22. The largest absolute Gasteiger partial charge is 0.354 e. The summed E-state index contributed by atoms with van der Waals surface area (Å²) in [7, 11) is 0. The SMILES string of the molecule is CCCCCCCCCCCCCCCC(=O)NC[C@@H](C)NC(=O)CCCCCCCCCCCCC. The molecule has 0 aliphatic carbocycles. The van der Waals surface area contributed by atoms with Crippen LogP contribution in [0.4, 0.5) is 0 Å². The first-order valence-corrected chi connectivity index (χ1v) is 16.7. The van der Waals surface area contributed by atoms with Crippen molar-refractivity contribution >= 4 is 11.8 Å². The van der Waals surface area contributed by atoms with E-state index in [4.69, 9.17) is 0 Å². The summed E-state index contributed by atoms with van der Waals surface area (Å²) < 4.78 is 0. The Morgan fingerprint density at radius 3 is 1.11 bits per heavy atom. The minimum absolute atomic E-state index is 0.00389. The Kier molecular flexibility index (Phi) is 28.7. The van der Waals surface area contributed by atoms with Gasteiger partial charge in [-0.1, -0.05) is 155 Å². The molecule has 0 radical (unpaired) electrons. The Hall–Kier alpha value is -1.06. The summed E-state index contributed by atoms with van der Waals surface area (Å²) >= 11 is 0. The molecule has 0 aromatic heterocycles. The van der Waals surface area contributed by atoms with Crippen LogP contribution < -0.4 is 10.6 Å². The smallest absolute Gasteiger partial charge is 0.220 e. The van der Waals surface area contributed by atoms with E-state index in [0.717, 1.165) is 25.7 Å². The molecule has 37 heavy (non-hydrogen) atoms. The fourth-order valence-electron chi connectivity index (χ4n) is 5.01. The van der Waals surface area contributed by atoms with Gasteiger partial charge in [0, 0.05) is 25.4 Å². The molecule has 0 saturated carbocycles. The zero-order valence-corrected chi connectivity index (χ0v) is 25.5. The van der Waals surface area contributed by atoms with E-state index in [2.05, 4.69) is 24.5 Å². The highest BCUT2D eigenvalue weighted by Gasteiger charge is 2.09. The molecule has 4 nitrogen and oxygen atoms in total. The number of hydrogen-bond acceptors (Lipinski definition) is 2. The van der Waals surface area contributed by atoms with E-state index >= 15 is 0 Å². The molecule has 4 heteroatoms. The normalized spacial score (nSPS) is 12.0. The Morgan fingerprint density at radius 2 is 0.757 bits per heavy atom. The van der Waals surface area contributed by atoms with Crippen LogP contribution in [0.3, 0.4) is 0 Å². The van der Waals surface area contributed by atoms with Crippen molar-refractivity contribution in [2.24, 2.45) is 0 Å². The Morgan fingerprint density at radius 1 is 0.459 bits per heavy atom. The molecule has 0 unspecified atom stereocenters. The first-order valence-electron chi connectivity index (χ1n) is 16.7. The standard InChI is InChI=1S/C33H66N2O2/c1-4-6-8-10-12-14-16-17-19-20-22-24-26-28-32(36)34-30-31(3)35-33(37)29-27-25-23-21-18-15-13-11-9-7-5-2/h31H,4-30H2,1-3H3,(H,34,36)(H,35,37)/t31-/m1/s1. The van der Waals surface area contributed by atoms with Crippen LogP contribution in [0.15, 0.2) is 0 Å². The number of amides is 2. The third-order valence-corrected chi connectivity index (χ3v) is 7.53. The van der Waals surface area contributed by atoms with Gasteiger partial charge in [0.25, 0.3) is 0 Å². The Bertz CT molecular complexity index is 495. The van der Waals surface area contributed by atoms with Gasteiger partial charge in [-0.15, -0.1) is 0 Å². The van der Waals surface area contributed by atoms with Gasteiger partial charge in [-0.05, 0) is 19.8 Å². The summed E-state index contributed by atoms with van der Waals surface area (Å²) in [4.78, 5) is 24.2. The van der Waals surface area contributed by atoms with E-state index in [1.165, 1.54) is 128 Å². The van der Waals surface area contributed by atoms with Crippen LogP contribution in [-0.2, 0) is 9.59 Å². The van der Waals surface area contributed by atoms with Crippen molar-refractivity contribution in [1.82, 2.24) is 10.6 Å². The molecule has 0 aliphatic rings.